The topological polar surface area (TPSA) is 49.3 Å². The van der Waals surface area contributed by atoms with Crippen LogP contribution in [0.5, 0.6) is 0 Å². The predicted molar refractivity (Wildman–Crippen MR) is 89.4 cm³/mol. The summed E-state index contributed by atoms with van der Waals surface area (Å²) in [7, 11) is 0. The zero-order valence-corrected chi connectivity index (χ0v) is 12.7. The van der Waals surface area contributed by atoms with E-state index in [2.05, 4.69) is 5.32 Å². The molecule has 4 heteroatoms. The third kappa shape index (κ3) is 3.16. The Morgan fingerprint density at radius 2 is 1.86 bits per heavy atom. The highest BCUT2D eigenvalue weighted by Gasteiger charge is 2.15. The molecule has 3 rings (SSSR count). The van der Waals surface area contributed by atoms with Crippen LogP contribution in [0.1, 0.15) is 23.2 Å². The van der Waals surface area contributed by atoms with Crippen LogP contribution >= 0.6 is 11.8 Å². The van der Waals surface area contributed by atoms with E-state index in [1.807, 2.05) is 42.1 Å². The monoisotopic (exact) mass is 301 g/mol. The SMILES string of the molecule is O=C(O)c1ccc(NCC2CCSCC2)c2ccccc12. The lowest BCUT2D eigenvalue weighted by molar-refractivity contribution is 0.0699. The minimum Gasteiger partial charge on any atom is -0.478 e. The fraction of sp³-hybridized carbons (Fsp3) is 0.353. The Morgan fingerprint density at radius 1 is 1.14 bits per heavy atom. The van der Waals surface area contributed by atoms with E-state index in [0.717, 1.165) is 28.9 Å². The smallest absolute Gasteiger partial charge is 0.336 e. The lowest BCUT2D eigenvalue weighted by Crippen LogP contribution is -2.19. The molecule has 1 aliphatic heterocycles. The number of thioether (sulfide) groups is 1. The molecule has 1 aliphatic rings. The van der Waals surface area contributed by atoms with Crippen molar-refractivity contribution in [2.24, 2.45) is 5.92 Å². The largest absolute Gasteiger partial charge is 0.478 e. The van der Waals surface area contributed by atoms with Gasteiger partial charge in [0.25, 0.3) is 0 Å². The Bertz CT molecular complexity index is 650. The number of carboxylic acids is 1. The third-order valence-electron chi connectivity index (χ3n) is 4.08. The molecule has 0 saturated carbocycles. The molecule has 0 aromatic heterocycles. The van der Waals surface area contributed by atoms with Crippen molar-refractivity contribution in [1.29, 1.82) is 0 Å². The molecule has 1 heterocycles. The van der Waals surface area contributed by atoms with Gasteiger partial charge in [-0.15, -0.1) is 0 Å². The normalized spacial score (nSPS) is 16.0. The number of carboxylic acid groups (broad SMARTS) is 1. The molecule has 1 fully saturated rings. The van der Waals surface area contributed by atoms with Crippen LogP contribution in [0.4, 0.5) is 5.69 Å². The standard InChI is InChI=1S/C17H19NO2S/c19-17(20)15-5-6-16(14-4-2-1-3-13(14)15)18-11-12-7-9-21-10-8-12/h1-6,12,18H,7-11H2,(H,19,20). The number of anilines is 1. The van der Waals surface area contributed by atoms with E-state index >= 15 is 0 Å². The Hall–Kier alpha value is -1.68. The van der Waals surface area contributed by atoms with E-state index < -0.39 is 5.97 Å². The van der Waals surface area contributed by atoms with Crippen molar-refractivity contribution in [2.75, 3.05) is 23.4 Å². The maximum Gasteiger partial charge on any atom is 0.336 e. The number of aromatic carboxylic acids is 1. The average molecular weight is 301 g/mol. The zero-order chi connectivity index (χ0) is 14.7. The zero-order valence-electron chi connectivity index (χ0n) is 11.8. The Labute approximate surface area is 128 Å². The number of nitrogens with one attached hydrogen (secondary N) is 1. The molecule has 0 radical (unpaired) electrons. The number of benzene rings is 2. The maximum absolute atomic E-state index is 11.3. The molecule has 2 aromatic rings. The van der Waals surface area contributed by atoms with Crippen LogP contribution in [0.15, 0.2) is 36.4 Å². The fourth-order valence-corrected chi connectivity index (χ4v) is 4.05. The van der Waals surface area contributed by atoms with Crippen LogP contribution in [0.25, 0.3) is 10.8 Å². The molecule has 0 aliphatic carbocycles. The quantitative estimate of drug-likeness (QED) is 0.893. The average Bonchev–Trinajstić information content (AvgIpc) is 2.53. The minimum absolute atomic E-state index is 0.366. The molecule has 0 atom stereocenters. The van der Waals surface area contributed by atoms with Crippen molar-refractivity contribution in [3.05, 3.63) is 42.0 Å². The van der Waals surface area contributed by atoms with Crippen LogP contribution in [-0.2, 0) is 0 Å². The molecular weight excluding hydrogens is 282 g/mol. The van der Waals surface area contributed by atoms with Crippen LogP contribution in [0, 0.1) is 5.92 Å². The van der Waals surface area contributed by atoms with Crippen LogP contribution in [0.3, 0.4) is 0 Å². The van der Waals surface area contributed by atoms with Gasteiger partial charge in [-0.05, 0) is 47.8 Å². The first-order chi connectivity index (χ1) is 10.3. The Morgan fingerprint density at radius 3 is 2.57 bits per heavy atom. The van der Waals surface area contributed by atoms with Gasteiger partial charge in [-0.3, -0.25) is 0 Å². The summed E-state index contributed by atoms with van der Waals surface area (Å²) in [6.07, 6.45) is 2.53. The van der Waals surface area contributed by atoms with Gasteiger partial charge in [0.15, 0.2) is 0 Å². The van der Waals surface area contributed by atoms with Crippen molar-refractivity contribution in [3.8, 4) is 0 Å². The predicted octanol–water partition coefficient (Wildman–Crippen LogP) is 4.09. The highest BCUT2D eigenvalue weighted by atomic mass is 32.2. The van der Waals surface area contributed by atoms with Gasteiger partial charge in [0.2, 0.25) is 0 Å². The Kier molecular flexibility index (Phi) is 4.34. The lowest BCUT2D eigenvalue weighted by atomic mass is 10.0. The lowest BCUT2D eigenvalue weighted by Gasteiger charge is -2.22. The van der Waals surface area contributed by atoms with Crippen molar-refractivity contribution in [2.45, 2.75) is 12.8 Å². The molecule has 0 bridgehead atoms. The van der Waals surface area contributed by atoms with E-state index in [0.29, 0.717) is 5.56 Å². The highest BCUT2D eigenvalue weighted by Crippen LogP contribution is 2.28. The first-order valence-electron chi connectivity index (χ1n) is 7.32. The van der Waals surface area contributed by atoms with Crippen LogP contribution in [0.2, 0.25) is 0 Å². The summed E-state index contributed by atoms with van der Waals surface area (Å²) in [5.74, 6) is 2.36. The van der Waals surface area contributed by atoms with Gasteiger partial charge < -0.3 is 10.4 Å². The highest BCUT2D eigenvalue weighted by molar-refractivity contribution is 7.99. The molecule has 0 amide bonds. The number of hydrogen-bond acceptors (Lipinski definition) is 3. The van der Waals surface area contributed by atoms with Crippen molar-refractivity contribution < 1.29 is 9.90 Å². The molecule has 2 N–H and O–H groups in total. The summed E-state index contributed by atoms with van der Waals surface area (Å²) in [5.41, 5.74) is 1.40. The van der Waals surface area contributed by atoms with E-state index in [4.69, 9.17) is 0 Å². The van der Waals surface area contributed by atoms with E-state index in [1.54, 1.807) is 6.07 Å². The van der Waals surface area contributed by atoms with Crippen molar-refractivity contribution in [3.63, 3.8) is 0 Å². The summed E-state index contributed by atoms with van der Waals surface area (Å²) in [5, 5.41) is 14.6. The molecule has 21 heavy (non-hydrogen) atoms. The number of carbonyl (C=O) groups is 1. The molecular formula is C17H19NO2S. The van der Waals surface area contributed by atoms with Crippen LogP contribution in [-0.4, -0.2) is 29.1 Å². The minimum atomic E-state index is -0.873. The third-order valence-corrected chi connectivity index (χ3v) is 5.13. The van der Waals surface area contributed by atoms with E-state index in [1.165, 1.54) is 24.3 Å². The maximum atomic E-state index is 11.3. The Balaban J connectivity index is 1.85. The molecule has 1 saturated heterocycles. The van der Waals surface area contributed by atoms with Gasteiger partial charge in [-0.2, -0.15) is 11.8 Å². The fourth-order valence-electron chi connectivity index (χ4n) is 2.84. The second kappa shape index (κ2) is 6.39. The first-order valence-corrected chi connectivity index (χ1v) is 8.48. The number of rotatable bonds is 4. The van der Waals surface area contributed by atoms with Gasteiger partial charge in [0, 0.05) is 17.6 Å². The van der Waals surface area contributed by atoms with Gasteiger partial charge in [0.1, 0.15) is 0 Å². The molecule has 2 aromatic carbocycles. The first kappa shape index (κ1) is 14.3. The summed E-state index contributed by atoms with van der Waals surface area (Å²) in [6.45, 7) is 0.969. The van der Waals surface area contributed by atoms with Crippen molar-refractivity contribution >= 4 is 34.2 Å². The second-order valence-corrected chi connectivity index (χ2v) is 6.67. The number of fused-ring (bicyclic) bond motifs is 1. The van der Waals surface area contributed by atoms with E-state index in [-0.39, 0.29) is 0 Å². The second-order valence-electron chi connectivity index (χ2n) is 5.45. The molecule has 0 spiro atoms. The van der Waals surface area contributed by atoms with Crippen LogP contribution < -0.4 is 5.32 Å². The van der Waals surface area contributed by atoms with E-state index in [9.17, 15) is 9.90 Å². The van der Waals surface area contributed by atoms with Gasteiger partial charge in [0.05, 0.1) is 5.56 Å². The summed E-state index contributed by atoms with van der Waals surface area (Å²) in [4.78, 5) is 11.3. The van der Waals surface area contributed by atoms with Gasteiger partial charge in [-0.1, -0.05) is 24.3 Å². The number of hydrogen-bond donors (Lipinski definition) is 2. The molecule has 3 nitrogen and oxygen atoms in total. The summed E-state index contributed by atoms with van der Waals surface area (Å²) >= 11 is 2.04. The summed E-state index contributed by atoms with van der Waals surface area (Å²) in [6, 6.07) is 11.3. The summed E-state index contributed by atoms with van der Waals surface area (Å²) < 4.78 is 0. The van der Waals surface area contributed by atoms with Gasteiger partial charge >= 0.3 is 5.97 Å². The molecule has 110 valence electrons. The van der Waals surface area contributed by atoms with Crippen molar-refractivity contribution in [1.82, 2.24) is 0 Å². The molecule has 0 unspecified atom stereocenters. The van der Waals surface area contributed by atoms with Gasteiger partial charge in [-0.25, -0.2) is 4.79 Å².